The Labute approximate surface area is 150 Å². The molecule has 2 aliphatic rings. The van der Waals surface area contributed by atoms with Crippen molar-refractivity contribution in [3.63, 3.8) is 0 Å². The molecule has 0 aromatic heterocycles. The van der Waals surface area contributed by atoms with Crippen LogP contribution in [0.15, 0.2) is 46.1 Å². The van der Waals surface area contributed by atoms with E-state index in [1.165, 1.54) is 0 Å². The van der Waals surface area contributed by atoms with Gasteiger partial charge in [-0.2, -0.15) is 5.26 Å². The Morgan fingerprint density at radius 3 is 2.72 bits per heavy atom. The third-order valence-corrected chi connectivity index (χ3v) is 5.42. The lowest BCUT2D eigenvalue weighted by atomic mass is 9.77. The van der Waals surface area contributed by atoms with Crippen LogP contribution in [0.25, 0.3) is 0 Å². The second-order valence-corrected chi connectivity index (χ2v) is 7.16. The lowest BCUT2D eigenvalue weighted by Crippen LogP contribution is -2.31. The molecule has 2 N–H and O–H groups in total. The summed E-state index contributed by atoms with van der Waals surface area (Å²) in [4.78, 5) is 23.5. The number of thioether (sulfide) groups is 1. The van der Waals surface area contributed by atoms with Gasteiger partial charge >= 0.3 is 5.97 Å². The fourth-order valence-electron chi connectivity index (χ4n) is 3.26. The number of nitrogens with zero attached hydrogens (tertiary/aromatic N) is 1. The molecule has 6 heteroatoms. The molecule has 0 fully saturated rings. The highest BCUT2D eigenvalue weighted by atomic mass is 32.2. The molecule has 1 aliphatic carbocycles. The predicted octanol–water partition coefficient (Wildman–Crippen LogP) is 3.24. The van der Waals surface area contributed by atoms with Crippen molar-refractivity contribution in [2.45, 2.75) is 32.1 Å². The van der Waals surface area contributed by atoms with Crippen molar-refractivity contribution >= 4 is 23.5 Å². The molecule has 0 amide bonds. The number of rotatable bonds is 4. The van der Waals surface area contributed by atoms with Gasteiger partial charge in [-0.1, -0.05) is 41.6 Å². The van der Waals surface area contributed by atoms with Gasteiger partial charge in [-0.3, -0.25) is 9.59 Å². The first-order valence-electron chi connectivity index (χ1n) is 8.10. The smallest absolute Gasteiger partial charge is 0.313 e. The van der Waals surface area contributed by atoms with E-state index in [4.69, 9.17) is 5.11 Å². The Bertz CT molecular complexity index is 831. The third kappa shape index (κ3) is 3.47. The monoisotopic (exact) mass is 354 g/mol. The molecule has 1 aromatic carbocycles. The molecule has 0 bridgehead atoms. The summed E-state index contributed by atoms with van der Waals surface area (Å²) >= 11 is 1.10. The van der Waals surface area contributed by atoms with Crippen molar-refractivity contribution in [1.82, 2.24) is 5.32 Å². The highest BCUT2D eigenvalue weighted by Gasteiger charge is 2.37. The van der Waals surface area contributed by atoms with Gasteiger partial charge in [0.05, 0.1) is 28.3 Å². The van der Waals surface area contributed by atoms with Gasteiger partial charge < -0.3 is 10.4 Å². The topological polar surface area (TPSA) is 90.2 Å². The second kappa shape index (κ2) is 7.16. The number of aliphatic carboxylic acids is 1. The average Bonchev–Trinajstić information content (AvgIpc) is 2.59. The van der Waals surface area contributed by atoms with Gasteiger partial charge in [-0.05, 0) is 25.3 Å². The van der Waals surface area contributed by atoms with Crippen molar-refractivity contribution in [2.75, 3.05) is 5.75 Å². The summed E-state index contributed by atoms with van der Waals surface area (Å²) in [5, 5.41) is 22.4. The number of carboxylic acids is 1. The molecule has 0 saturated heterocycles. The molecule has 5 nitrogen and oxygen atoms in total. The summed E-state index contributed by atoms with van der Waals surface area (Å²) in [6, 6.07) is 10.0. The summed E-state index contributed by atoms with van der Waals surface area (Å²) in [5.41, 5.74) is 3.90. The highest BCUT2D eigenvalue weighted by Crippen LogP contribution is 2.43. The van der Waals surface area contributed by atoms with Crippen LogP contribution in [-0.2, 0) is 9.59 Å². The fourth-order valence-corrected chi connectivity index (χ4v) is 4.05. The lowest BCUT2D eigenvalue weighted by molar-refractivity contribution is -0.133. The molecule has 1 aromatic rings. The van der Waals surface area contributed by atoms with E-state index < -0.39 is 11.9 Å². The van der Waals surface area contributed by atoms with Gasteiger partial charge in [0.25, 0.3) is 0 Å². The first-order valence-corrected chi connectivity index (χ1v) is 9.08. The number of hydrogen-bond acceptors (Lipinski definition) is 5. The molecule has 0 saturated carbocycles. The molecule has 25 heavy (non-hydrogen) atoms. The minimum atomic E-state index is -0.942. The number of hydrogen-bond donors (Lipinski definition) is 2. The van der Waals surface area contributed by atoms with Crippen molar-refractivity contribution in [2.24, 2.45) is 0 Å². The SMILES string of the molecule is Cc1ccc([C@@H]2C(C#N)=C(SCC(=O)O)NC3=C2C(=O)CCC3)cc1. The molecular weight excluding hydrogens is 336 g/mol. The standard InChI is InChI=1S/C19H18N2O3S/c1-11-5-7-12(8-6-11)17-13(9-20)19(25-10-16(23)24)21-14-3-2-4-15(22)18(14)17/h5-8,17,21H,2-4,10H2,1H3,(H,23,24)/t17-/m1/s1. The van der Waals surface area contributed by atoms with Crippen LogP contribution >= 0.6 is 11.8 Å². The van der Waals surface area contributed by atoms with Crippen LogP contribution in [-0.4, -0.2) is 22.6 Å². The normalized spacial score (nSPS) is 20.0. The zero-order valence-electron chi connectivity index (χ0n) is 13.8. The number of benzene rings is 1. The average molecular weight is 354 g/mol. The van der Waals surface area contributed by atoms with Crippen LogP contribution in [0.5, 0.6) is 0 Å². The fraction of sp³-hybridized carbons (Fsp3) is 0.316. The number of allylic oxidation sites excluding steroid dienone is 3. The first-order chi connectivity index (χ1) is 12.0. The highest BCUT2D eigenvalue weighted by molar-refractivity contribution is 8.03. The Kier molecular flexibility index (Phi) is 4.95. The van der Waals surface area contributed by atoms with Crippen molar-refractivity contribution in [3.8, 4) is 6.07 Å². The maximum atomic E-state index is 12.6. The van der Waals surface area contributed by atoms with Crippen molar-refractivity contribution in [1.29, 1.82) is 5.26 Å². The van der Waals surface area contributed by atoms with E-state index >= 15 is 0 Å². The number of aryl methyl sites for hydroxylation is 1. The maximum absolute atomic E-state index is 12.6. The van der Waals surface area contributed by atoms with Crippen LogP contribution < -0.4 is 5.32 Å². The number of Topliss-reactive ketones (excluding diaryl/α,β-unsaturated/α-hetero) is 1. The van der Waals surface area contributed by atoms with E-state index in [1.54, 1.807) is 0 Å². The van der Waals surface area contributed by atoms with Crippen molar-refractivity contribution in [3.05, 3.63) is 57.3 Å². The molecule has 3 rings (SSSR count). The number of carbonyl (C=O) groups is 2. The number of ketones is 1. The summed E-state index contributed by atoms with van der Waals surface area (Å²) in [7, 11) is 0. The van der Waals surface area contributed by atoms with E-state index in [9.17, 15) is 14.9 Å². The molecule has 0 unspecified atom stereocenters. The predicted molar refractivity (Wildman–Crippen MR) is 95.7 cm³/mol. The molecule has 1 aliphatic heterocycles. The number of carboxylic acid groups (broad SMARTS) is 1. The maximum Gasteiger partial charge on any atom is 0.313 e. The molecule has 1 atom stereocenters. The molecule has 0 radical (unpaired) electrons. The van der Waals surface area contributed by atoms with Gasteiger partial charge in [-0.15, -0.1) is 0 Å². The van der Waals surface area contributed by atoms with Crippen LogP contribution in [0.4, 0.5) is 0 Å². The number of dihydropyridines is 1. The summed E-state index contributed by atoms with van der Waals surface area (Å²) in [6.45, 7) is 1.98. The summed E-state index contributed by atoms with van der Waals surface area (Å²) in [6.07, 6.45) is 1.99. The summed E-state index contributed by atoms with van der Waals surface area (Å²) in [5.74, 6) is -1.44. The van der Waals surface area contributed by atoms with Gasteiger partial charge in [0.15, 0.2) is 5.78 Å². The van der Waals surface area contributed by atoms with Gasteiger partial charge in [0, 0.05) is 17.7 Å². The van der Waals surface area contributed by atoms with E-state index in [-0.39, 0.29) is 11.5 Å². The quantitative estimate of drug-likeness (QED) is 0.863. The van der Waals surface area contributed by atoms with Gasteiger partial charge in [-0.25, -0.2) is 0 Å². The number of carbonyl (C=O) groups excluding carboxylic acids is 1. The molecule has 128 valence electrons. The minimum absolute atomic E-state index is 0.0642. The summed E-state index contributed by atoms with van der Waals surface area (Å²) < 4.78 is 0. The van der Waals surface area contributed by atoms with Gasteiger partial charge in [0.1, 0.15) is 0 Å². The van der Waals surface area contributed by atoms with Crippen LogP contribution in [0.3, 0.4) is 0 Å². The lowest BCUT2D eigenvalue weighted by Gasteiger charge is -2.33. The zero-order valence-corrected chi connectivity index (χ0v) is 14.7. The Morgan fingerprint density at radius 2 is 2.08 bits per heavy atom. The van der Waals surface area contributed by atoms with Crippen LogP contribution in [0.2, 0.25) is 0 Å². The van der Waals surface area contributed by atoms with Crippen LogP contribution in [0, 0.1) is 18.3 Å². The van der Waals surface area contributed by atoms with Crippen molar-refractivity contribution < 1.29 is 14.7 Å². The first kappa shape index (κ1) is 17.3. The minimum Gasteiger partial charge on any atom is -0.481 e. The molecule has 0 spiro atoms. The molecule has 1 heterocycles. The Balaban J connectivity index is 2.11. The Hall–Kier alpha value is -2.52. The third-order valence-electron chi connectivity index (χ3n) is 4.41. The Morgan fingerprint density at radius 1 is 1.36 bits per heavy atom. The largest absolute Gasteiger partial charge is 0.481 e. The van der Waals surface area contributed by atoms with E-state index in [1.807, 2.05) is 31.2 Å². The van der Waals surface area contributed by atoms with E-state index in [0.29, 0.717) is 22.6 Å². The second-order valence-electron chi connectivity index (χ2n) is 6.17. The zero-order chi connectivity index (χ0) is 18.0. The van der Waals surface area contributed by atoms with E-state index in [0.717, 1.165) is 41.4 Å². The van der Waals surface area contributed by atoms with E-state index in [2.05, 4.69) is 11.4 Å². The number of nitriles is 1. The van der Waals surface area contributed by atoms with Crippen LogP contribution in [0.1, 0.15) is 36.3 Å². The molecular formula is C19H18N2O3S. The number of nitrogens with one attached hydrogen (secondary N) is 1. The van der Waals surface area contributed by atoms with Gasteiger partial charge in [0.2, 0.25) is 0 Å².